The first-order chi connectivity index (χ1) is 9.56. The molecule has 2 rings (SSSR count). The van der Waals surface area contributed by atoms with Gasteiger partial charge < -0.3 is 9.84 Å². The number of piperidine rings is 1. The Morgan fingerprint density at radius 2 is 2.00 bits per heavy atom. The number of nitrogens with zero attached hydrogens (tertiary/aromatic N) is 1. The summed E-state index contributed by atoms with van der Waals surface area (Å²) in [5.74, 6) is 0.837. The number of likely N-dealkylation sites (tertiary alicyclic amines) is 1. The van der Waals surface area contributed by atoms with E-state index in [0.717, 1.165) is 5.75 Å². The normalized spacial score (nSPS) is 25.4. The Labute approximate surface area is 122 Å². The highest BCUT2D eigenvalue weighted by Crippen LogP contribution is 2.22. The van der Waals surface area contributed by atoms with Gasteiger partial charge in [0.25, 0.3) is 0 Å². The average molecular weight is 277 g/mol. The molecule has 1 aromatic carbocycles. The molecule has 1 aliphatic rings. The molecular weight excluding hydrogens is 250 g/mol. The number of aliphatic hydroxyl groups is 1. The minimum atomic E-state index is -0.432. The monoisotopic (exact) mass is 277 g/mol. The maximum Gasteiger partial charge on any atom is 0.119 e. The second-order valence-corrected chi connectivity index (χ2v) is 6.11. The highest BCUT2D eigenvalue weighted by atomic mass is 16.5. The van der Waals surface area contributed by atoms with Crippen molar-refractivity contribution >= 4 is 0 Å². The molecule has 0 spiro atoms. The van der Waals surface area contributed by atoms with Gasteiger partial charge in [-0.25, -0.2) is 0 Å². The van der Waals surface area contributed by atoms with Crippen molar-refractivity contribution < 1.29 is 9.84 Å². The Hall–Kier alpha value is -1.06. The van der Waals surface area contributed by atoms with Crippen LogP contribution in [-0.4, -0.2) is 41.3 Å². The van der Waals surface area contributed by atoms with Gasteiger partial charge in [0.1, 0.15) is 18.5 Å². The molecule has 112 valence electrons. The van der Waals surface area contributed by atoms with Crippen molar-refractivity contribution in [1.82, 2.24) is 4.90 Å². The number of benzene rings is 1. The first-order valence-corrected chi connectivity index (χ1v) is 7.69. The van der Waals surface area contributed by atoms with E-state index in [1.165, 1.54) is 24.8 Å². The molecule has 3 unspecified atom stereocenters. The number of aliphatic hydroxyl groups excluding tert-OH is 1. The molecule has 3 atom stereocenters. The molecule has 0 amide bonds. The molecule has 20 heavy (non-hydrogen) atoms. The maximum absolute atomic E-state index is 10.2. The van der Waals surface area contributed by atoms with Crippen LogP contribution in [0, 0.1) is 6.92 Å². The minimum absolute atomic E-state index is 0.361. The van der Waals surface area contributed by atoms with Gasteiger partial charge in [-0.2, -0.15) is 0 Å². The highest BCUT2D eigenvalue weighted by Gasteiger charge is 2.26. The Bertz CT molecular complexity index is 411. The Morgan fingerprint density at radius 3 is 2.65 bits per heavy atom. The number of ether oxygens (including phenoxy) is 1. The lowest BCUT2D eigenvalue weighted by Gasteiger charge is -2.40. The average Bonchev–Trinajstić information content (AvgIpc) is 2.41. The van der Waals surface area contributed by atoms with E-state index in [4.69, 9.17) is 4.74 Å². The third kappa shape index (κ3) is 4.22. The van der Waals surface area contributed by atoms with Crippen molar-refractivity contribution in [3.63, 3.8) is 0 Å². The fraction of sp³-hybridized carbons (Fsp3) is 0.647. The molecule has 0 aromatic heterocycles. The van der Waals surface area contributed by atoms with Crippen molar-refractivity contribution in [3.8, 4) is 5.75 Å². The summed E-state index contributed by atoms with van der Waals surface area (Å²) < 4.78 is 5.68. The van der Waals surface area contributed by atoms with Gasteiger partial charge in [-0.3, -0.25) is 4.90 Å². The van der Waals surface area contributed by atoms with Crippen LogP contribution in [0.5, 0.6) is 5.75 Å². The Morgan fingerprint density at radius 1 is 1.30 bits per heavy atom. The molecule has 0 saturated carbocycles. The van der Waals surface area contributed by atoms with Crippen LogP contribution in [0.1, 0.15) is 38.7 Å². The van der Waals surface area contributed by atoms with Gasteiger partial charge in [-0.05, 0) is 51.3 Å². The lowest BCUT2D eigenvalue weighted by atomic mass is 9.97. The van der Waals surface area contributed by atoms with E-state index < -0.39 is 6.10 Å². The zero-order valence-electron chi connectivity index (χ0n) is 12.9. The second-order valence-electron chi connectivity index (χ2n) is 6.11. The molecule has 1 fully saturated rings. The summed E-state index contributed by atoms with van der Waals surface area (Å²) in [4.78, 5) is 2.41. The minimum Gasteiger partial charge on any atom is -0.491 e. The predicted molar refractivity (Wildman–Crippen MR) is 82.2 cm³/mol. The third-order valence-corrected chi connectivity index (χ3v) is 4.23. The van der Waals surface area contributed by atoms with Crippen LogP contribution in [0.3, 0.4) is 0 Å². The largest absolute Gasteiger partial charge is 0.491 e. The van der Waals surface area contributed by atoms with Crippen LogP contribution in [-0.2, 0) is 0 Å². The molecule has 3 heteroatoms. The summed E-state index contributed by atoms with van der Waals surface area (Å²) in [6.07, 6.45) is 3.33. The van der Waals surface area contributed by atoms with Crippen molar-refractivity contribution in [2.24, 2.45) is 0 Å². The Balaban J connectivity index is 1.81. The standard InChI is InChI=1S/C17H27NO2/c1-13-6-4-9-17(10-13)20-12-16(19)11-18-14(2)7-5-8-15(18)3/h4,6,9-10,14-16,19H,5,7-8,11-12H2,1-3H3. The second kappa shape index (κ2) is 7.09. The Kier molecular flexibility index (Phi) is 5.44. The third-order valence-electron chi connectivity index (χ3n) is 4.23. The van der Waals surface area contributed by atoms with E-state index in [0.29, 0.717) is 25.2 Å². The van der Waals surface area contributed by atoms with Crippen molar-refractivity contribution in [3.05, 3.63) is 29.8 Å². The van der Waals surface area contributed by atoms with E-state index in [1.54, 1.807) is 0 Å². The van der Waals surface area contributed by atoms with Gasteiger partial charge in [-0.1, -0.05) is 18.6 Å². The summed E-state index contributed by atoms with van der Waals surface area (Å²) in [5, 5.41) is 10.2. The van der Waals surface area contributed by atoms with Crippen LogP contribution in [0.25, 0.3) is 0 Å². The summed E-state index contributed by atoms with van der Waals surface area (Å²) in [5.41, 5.74) is 1.18. The summed E-state index contributed by atoms with van der Waals surface area (Å²) in [6.45, 7) is 7.61. The van der Waals surface area contributed by atoms with E-state index in [9.17, 15) is 5.11 Å². The van der Waals surface area contributed by atoms with Crippen molar-refractivity contribution in [1.29, 1.82) is 0 Å². The van der Waals surface area contributed by atoms with Crippen molar-refractivity contribution in [2.75, 3.05) is 13.2 Å². The quantitative estimate of drug-likeness (QED) is 0.898. The smallest absolute Gasteiger partial charge is 0.119 e. The van der Waals surface area contributed by atoms with E-state index >= 15 is 0 Å². The molecule has 1 N–H and O–H groups in total. The fourth-order valence-electron chi connectivity index (χ4n) is 3.03. The van der Waals surface area contributed by atoms with Crippen LogP contribution < -0.4 is 4.74 Å². The number of hydrogen-bond donors (Lipinski definition) is 1. The molecule has 1 aliphatic heterocycles. The number of rotatable bonds is 5. The molecule has 3 nitrogen and oxygen atoms in total. The van der Waals surface area contributed by atoms with E-state index in [-0.39, 0.29) is 0 Å². The van der Waals surface area contributed by atoms with Gasteiger partial charge in [0, 0.05) is 18.6 Å². The summed E-state index contributed by atoms with van der Waals surface area (Å²) in [6, 6.07) is 9.08. The van der Waals surface area contributed by atoms with Crippen LogP contribution >= 0.6 is 0 Å². The van der Waals surface area contributed by atoms with Crippen LogP contribution in [0.4, 0.5) is 0 Å². The molecule has 0 aliphatic carbocycles. The zero-order chi connectivity index (χ0) is 14.5. The highest BCUT2D eigenvalue weighted by molar-refractivity contribution is 5.27. The lowest BCUT2D eigenvalue weighted by Crippen LogP contribution is -2.48. The summed E-state index contributed by atoms with van der Waals surface area (Å²) in [7, 11) is 0. The van der Waals surface area contributed by atoms with Gasteiger partial charge in [-0.15, -0.1) is 0 Å². The molecule has 1 heterocycles. The van der Waals surface area contributed by atoms with Gasteiger partial charge in [0.05, 0.1) is 0 Å². The SMILES string of the molecule is Cc1cccc(OCC(O)CN2C(C)CCCC2C)c1. The zero-order valence-corrected chi connectivity index (χ0v) is 12.9. The lowest BCUT2D eigenvalue weighted by molar-refractivity contribution is 0.0209. The molecule has 1 saturated heterocycles. The van der Waals surface area contributed by atoms with Gasteiger partial charge >= 0.3 is 0 Å². The molecular formula is C17H27NO2. The number of β-amino-alcohol motifs (C(OH)–C–C–N with tert-alkyl or cyclic N) is 1. The molecule has 0 bridgehead atoms. The van der Waals surface area contributed by atoms with Gasteiger partial charge in [0.2, 0.25) is 0 Å². The first-order valence-electron chi connectivity index (χ1n) is 7.69. The van der Waals surface area contributed by atoms with Crippen molar-refractivity contribution in [2.45, 2.75) is 58.2 Å². The maximum atomic E-state index is 10.2. The molecule has 0 radical (unpaired) electrons. The number of hydrogen-bond acceptors (Lipinski definition) is 3. The van der Waals surface area contributed by atoms with E-state index in [1.807, 2.05) is 31.2 Å². The molecule has 1 aromatic rings. The predicted octanol–water partition coefficient (Wildman–Crippen LogP) is 3.00. The first kappa shape index (κ1) is 15.3. The van der Waals surface area contributed by atoms with E-state index in [2.05, 4.69) is 18.7 Å². The topological polar surface area (TPSA) is 32.7 Å². The fourth-order valence-corrected chi connectivity index (χ4v) is 3.03. The van der Waals surface area contributed by atoms with Crippen LogP contribution in [0.2, 0.25) is 0 Å². The summed E-state index contributed by atoms with van der Waals surface area (Å²) >= 11 is 0. The number of aryl methyl sites for hydroxylation is 1. The van der Waals surface area contributed by atoms with Crippen LogP contribution in [0.15, 0.2) is 24.3 Å². The van der Waals surface area contributed by atoms with Gasteiger partial charge in [0.15, 0.2) is 0 Å².